The van der Waals surface area contributed by atoms with Crippen molar-refractivity contribution in [3.63, 3.8) is 0 Å². The summed E-state index contributed by atoms with van der Waals surface area (Å²) in [4.78, 5) is 11.7. The SMILES string of the molecule is Cc1ccnc(CCN(C)c2nccc(C)c2C(C)(C)C)c1C(C)(C)C. The summed E-state index contributed by atoms with van der Waals surface area (Å²) in [6.07, 6.45) is 4.78. The summed E-state index contributed by atoms with van der Waals surface area (Å²) in [7, 11) is 2.14. The molecule has 0 aliphatic rings. The molecule has 0 amide bonds. The van der Waals surface area contributed by atoms with Crippen molar-refractivity contribution in [1.82, 2.24) is 9.97 Å². The maximum atomic E-state index is 4.71. The van der Waals surface area contributed by atoms with Crippen LogP contribution in [0.4, 0.5) is 5.82 Å². The van der Waals surface area contributed by atoms with Gasteiger partial charge in [0.05, 0.1) is 0 Å². The van der Waals surface area contributed by atoms with E-state index in [1.54, 1.807) is 0 Å². The Hall–Kier alpha value is -1.90. The molecule has 142 valence electrons. The van der Waals surface area contributed by atoms with Gasteiger partial charge in [-0.2, -0.15) is 0 Å². The monoisotopic (exact) mass is 353 g/mol. The van der Waals surface area contributed by atoms with E-state index in [2.05, 4.69) is 79.5 Å². The summed E-state index contributed by atoms with van der Waals surface area (Å²) in [5, 5.41) is 0. The second kappa shape index (κ2) is 7.38. The third-order valence-corrected chi connectivity index (χ3v) is 4.92. The molecule has 0 saturated heterocycles. The van der Waals surface area contributed by atoms with Crippen LogP contribution in [-0.2, 0) is 17.3 Å². The number of likely N-dealkylation sites (N-methyl/N-ethyl adjacent to an activating group) is 1. The van der Waals surface area contributed by atoms with E-state index >= 15 is 0 Å². The van der Waals surface area contributed by atoms with Crippen molar-refractivity contribution in [3.05, 3.63) is 52.5 Å². The third kappa shape index (κ3) is 4.44. The highest BCUT2D eigenvalue weighted by atomic mass is 15.2. The number of pyridine rings is 2. The van der Waals surface area contributed by atoms with Crippen molar-refractivity contribution in [2.24, 2.45) is 0 Å². The maximum absolute atomic E-state index is 4.71. The fourth-order valence-electron chi connectivity index (χ4n) is 3.97. The van der Waals surface area contributed by atoms with Gasteiger partial charge in [0.15, 0.2) is 0 Å². The molecular weight excluding hydrogens is 318 g/mol. The summed E-state index contributed by atoms with van der Waals surface area (Å²) in [6.45, 7) is 18.8. The summed E-state index contributed by atoms with van der Waals surface area (Å²) >= 11 is 0. The maximum Gasteiger partial charge on any atom is 0.132 e. The minimum absolute atomic E-state index is 0.0695. The van der Waals surface area contributed by atoms with Gasteiger partial charge in [-0.25, -0.2) is 4.98 Å². The lowest BCUT2D eigenvalue weighted by Crippen LogP contribution is -2.28. The van der Waals surface area contributed by atoms with Gasteiger partial charge in [-0.1, -0.05) is 41.5 Å². The van der Waals surface area contributed by atoms with Crippen LogP contribution in [0, 0.1) is 13.8 Å². The summed E-state index contributed by atoms with van der Waals surface area (Å²) in [5.41, 5.74) is 6.71. The molecule has 3 nitrogen and oxygen atoms in total. The van der Waals surface area contributed by atoms with Crippen LogP contribution in [-0.4, -0.2) is 23.6 Å². The van der Waals surface area contributed by atoms with Crippen LogP contribution in [0.15, 0.2) is 24.5 Å². The fraction of sp³-hybridized carbons (Fsp3) is 0.565. The highest BCUT2D eigenvalue weighted by molar-refractivity contribution is 5.53. The Bertz CT molecular complexity index is 764. The zero-order valence-electron chi connectivity index (χ0n) is 18.1. The average molecular weight is 354 g/mol. The number of hydrogen-bond acceptors (Lipinski definition) is 3. The van der Waals surface area contributed by atoms with Crippen LogP contribution in [0.1, 0.15) is 69.5 Å². The Morgan fingerprint density at radius 3 is 1.85 bits per heavy atom. The van der Waals surface area contributed by atoms with Gasteiger partial charge in [-0.15, -0.1) is 0 Å². The Morgan fingerprint density at radius 2 is 1.31 bits per heavy atom. The zero-order chi connectivity index (χ0) is 19.7. The second-order valence-corrected chi connectivity index (χ2v) is 9.45. The van der Waals surface area contributed by atoms with E-state index in [9.17, 15) is 0 Å². The minimum atomic E-state index is 0.0695. The first-order valence-corrected chi connectivity index (χ1v) is 9.55. The highest BCUT2D eigenvalue weighted by Crippen LogP contribution is 2.33. The zero-order valence-corrected chi connectivity index (χ0v) is 18.1. The van der Waals surface area contributed by atoms with Crippen LogP contribution >= 0.6 is 0 Å². The van der Waals surface area contributed by atoms with Crippen molar-refractivity contribution in [3.8, 4) is 0 Å². The summed E-state index contributed by atoms with van der Waals surface area (Å²) in [6, 6.07) is 4.23. The highest BCUT2D eigenvalue weighted by Gasteiger charge is 2.24. The van der Waals surface area contributed by atoms with E-state index in [1.165, 1.54) is 27.9 Å². The van der Waals surface area contributed by atoms with Crippen LogP contribution in [0.5, 0.6) is 0 Å². The molecule has 0 saturated carbocycles. The van der Waals surface area contributed by atoms with E-state index in [1.807, 2.05) is 12.4 Å². The van der Waals surface area contributed by atoms with Crippen LogP contribution in [0.3, 0.4) is 0 Å². The predicted octanol–water partition coefficient (Wildman–Crippen LogP) is 5.37. The standard InChI is InChI=1S/C23H35N3/c1-16-10-13-24-18(19(16)22(3,4)5)12-15-26(9)21-20(23(6,7)8)17(2)11-14-25-21/h10-11,13-14H,12,15H2,1-9H3. The van der Waals surface area contributed by atoms with E-state index in [-0.39, 0.29) is 10.8 Å². The van der Waals surface area contributed by atoms with Gasteiger partial charge in [-0.05, 0) is 53.5 Å². The average Bonchev–Trinajstić information content (AvgIpc) is 2.49. The predicted molar refractivity (Wildman–Crippen MR) is 112 cm³/mol. The lowest BCUT2D eigenvalue weighted by atomic mass is 9.82. The van der Waals surface area contributed by atoms with Crippen LogP contribution in [0.25, 0.3) is 0 Å². The molecular formula is C23H35N3. The van der Waals surface area contributed by atoms with Crippen molar-refractivity contribution >= 4 is 5.82 Å². The molecule has 0 aliphatic heterocycles. The second-order valence-electron chi connectivity index (χ2n) is 9.45. The van der Waals surface area contributed by atoms with E-state index in [4.69, 9.17) is 9.97 Å². The van der Waals surface area contributed by atoms with Crippen LogP contribution in [0.2, 0.25) is 0 Å². The Labute approximate surface area is 159 Å². The normalized spacial score (nSPS) is 12.3. The molecule has 2 heterocycles. The molecule has 0 aliphatic carbocycles. The largest absolute Gasteiger partial charge is 0.359 e. The van der Waals surface area contributed by atoms with E-state index in [0.29, 0.717) is 0 Å². The first-order valence-electron chi connectivity index (χ1n) is 9.55. The Balaban J connectivity index is 2.31. The molecule has 0 N–H and O–H groups in total. The fourth-order valence-corrected chi connectivity index (χ4v) is 3.97. The van der Waals surface area contributed by atoms with Crippen molar-refractivity contribution in [1.29, 1.82) is 0 Å². The van der Waals surface area contributed by atoms with E-state index in [0.717, 1.165) is 18.8 Å². The molecule has 0 unspecified atom stereocenters. The topological polar surface area (TPSA) is 29.0 Å². The molecule has 26 heavy (non-hydrogen) atoms. The number of nitrogens with zero attached hydrogens (tertiary/aromatic N) is 3. The summed E-state index contributed by atoms with van der Waals surface area (Å²) in [5.74, 6) is 1.09. The van der Waals surface area contributed by atoms with Gasteiger partial charge < -0.3 is 4.90 Å². The molecule has 0 fully saturated rings. The summed E-state index contributed by atoms with van der Waals surface area (Å²) < 4.78 is 0. The number of aromatic nitrogens is 2. The number of rotatable bonds is 4. The number of anilines is 1. The quantitative estimate of drug-likeness (QED) is 0.740. The molecule has 0 radical (unpaired) electrons. The van der Waals surface area contributed by atoms with Gasteiger partial charge in [-0.3, -0.25) is 4.98 Å². The molecule has 0 spiro atoms. The molecule has 0 atom stereocenters. The molecule has 0 aromatic carbocycles. The van der Waals surface area contributed by atoms with Gasteiger partial charge in [0, 0.05) is 43.7 Å². The molecule has 3 heteroatoms. The smallest absolute Gasteiger partial charge is 0.132 e. The Morgan fingerprint density at radius 1 is 0.808 bits per heavy atom. The third-order valence-electron chi connectivity index (χ3n) is 4.92. The minimum Gasteiger partial charge on any atom is -0.359 e. The molecule has 2 aromatic heterocycles. The van der Waals surface area contributed by atoms with Gasteiger partial charge in [0.1, 0.15) is 5.82 Å². The van der Waals surface area contributed by atoms with Crippen molar-refractivity contribution in [2.75, 3.05) is 18.5 Å². The van der Waals surface area contributed by atoms with Crippen molar-refractivity contribution < 1.29 is 0 Å². The Kier molecular flexibility index (Phi) is 5.79. The van der Waals surface area contributed by atoms with Crippen LogP contribution < -0.4 is 4.90 Å². The van der Waals surface area contributed by atoms with Gasteiger partial charge in [0.25, 0.3) is 0 Å². The lowest BCUT2D eigenvalue weighted by molar-refractivity contribution is 0.570. The number of aryl methyl sites for hydroxylation is 2. The molecule has 2 aromatic rings. The van der Waals surface area contributed by atoms with E-state index < -0.39 is 0 Å². The van der Waals surface area contributed by atoms with Gasteiger partial charge in [0.2, 0.25) is 0 Å². The molecule has 2 rings (SSSR count). The van der Waals surface area contributed by atoms with Crippen molar-refractivity contribution in [2.45, 2.75) is 72.6 Å². The molecule has 0 bridgehead atoms. The first-order chi connectivity index (χ1) is 11.9. The number of hydrogen-bond donors (Lipinski definition) is 0. The first kappa shape index (κ1) is 20.4. The lowest BCUT2D eigenvalue weighted by Gasteiger charge is -2.30. The van der Waals surface area contributed by atoms with Gasteiger partial charge >= 0.3 is 0 Å².